The van der Waals surface area contributed by atoms with E-state index in [4.69, 9.17) is 4.74 Å². The molecule has 1 aliphatic heterocycles. The zero-order valence-corrected chi connectivity index (χ0v) is 15.0. The summed E-state index contributed by atoms with van der Waals surface area (Å²) >= 11 is 0. The summed E-state index contributed by atoms with van der Waals surface area (Å²) < 4.78 is 18.1. The first-order valence-corrected chi connectivity index (χ1v) is 9.95. The molecule has 3 rings (SSSR count). The van der Waals surface area contributed by atoms with Gasteiger partial charge in [0.15, 0.2) is 0 Å². The van der Waals surface area contributed by atoms with Crippen molar-refractivity contribution >= 4 is 10.8 Å². The molecule has 4 heteroatoms. The Morgan fingerprint density at radius 1 is 1.21 bits per heavy atom. The van der Waals surface area contributed by atoms with Crippen molar-refractivity contribution in [3.8, 4) is 5.75 Å². The Bertz CT molecular complexity index is 687. The van der Waals surface area contributed by atoms with E-state index in [2.05, 4.69) is 54.7 Å². The number of rotatable bonds is 6. The average molecular weight is 343 g/mol. The van der Waals surface area contributed by atoms with Gasteiger partial charge >= 0.3 is 0 Å². The van der Waals surface area contributed by atoms with Gasteiger partial charge in [0, 0.05) is 36.1 Å². The summed E-state index contributed by atoms with van der Waals surface area (Å²) in [6.07, 6.45) is 1.70. The Balaban J connectivity index is 1.63. The maximum absolute atomic E-state index is 12.0. The summed E-state index contributed by atoms with van der Waals surface area (Å²) in [6.45, 7) is 4.42. The maximum atomic E-state index is 12.0. The summed E-state index contributed by atoms with van der Waals surface area (Å²) in [5.41, 5.74) is 3.74. The van der Waals surface area contributed by atoms with Gasteiger partial charge in [0.1, 0.15) is 5.75 Å². The van der Waals surface area contributed by atoms with Gasteiger partial charge in [-0.2, -0.15) is 0 Å². The third-order valence-electron chi connectivity index (χ3n) is 4.37. The molecule has 128 valence electrons. The van der Waals surface area contributed by atoms with Crippen LogP contribution in [-0.4, -0.2) is 34.9 Å². The number of hydrogen-bond acceptors (Lipinski definition) is 3. The lowest BCUT2D eigenvalue weighted by Gasteiger charge is -2.22. The first-order chi connectivity index (χ1) is 11.7. The molecule has 0 spiro atoms. The van der Waals surface area contributed by atoms with Crippen LogP contribution in [0.15, 0.2) is 48.5 Å². The molecule has 0 aromatic heterocycles. The highest BCUT2D eigenvalue weighted by Gasteiger charge is 2.20. The fourth-order valence-corrected chi connectivity index (χ4v) is 4.37. The Kier molecular flexibility index (Phi) is 6.05. The lowest BCUT2D eigenvalue weighted by molar-refractivity contribution is 0.304. The SMILES string of the molecule is Cc1ccc(OCCC2CNCCS2=O)c(Cc2ccccc2)c1. The Labute approximate surface area is 146 Å². The predicted molar refractivity (Wildman–Crippen MR) is 100 cm³/mol. The first kappa shape index (κ1) is 17.2. The van der Waals surface area contributed by atoms with Crippen LogP contribution in [0.3, 0.4) is 0 Å². The lowest BCUT2D eigenvalue weighted by atomic mass is 10.0. The molecule has 0 radical (unpaired) electrons. The van der Waals surface area contributed by atoms with E-state index in [9.17, 15) is 4.21 Å². The maximum Gasteiger partial charge on any atom is 0.122 e. The highest BCUT2D eigenvalue weighted by molar-refractivity contribution is 7.85. The van der Waals surface area contributed by atoms with Crippen molar-refractivity contribution < 1.29 is 8.95 Å². The Morgan fingerprint density at radius 3 is 2.83 bits per heavy atom. The van der Waals surface area contributed by atoms with Gasteiger partial charge in [0.2, 0.25) is 0 Å². The van der Waals surface area contributed by atoms with E-state index in [1.807, 2.05) is 6.07 Å². The van der Waals surface area contributed by atoms with Gasteiger partial charge in [-0.05, 0) is 30.5 Å². The monoisotopic (exact) mass is 343 g/mol. The molecular weight excluding hydrogens is 318 g/mol. The number of benzene rings is 2. The molecule has 2 atom stereocenters. The summed E-state index contributed by atoms with van der Waals surface area (Å²) in [5.74, 6) is 1.70. The first-order valence-electron chi connectivity index (χ1n) is 8.56. The number of ether oxygens (including phenoxy) is 1. The van der Waals surface area contributed by atoms with E-state index in [1.54, 1.807) is 0 Å². The lowest BCUT2D eigenvalue weighted by Crippen LogP contribution is -2.41. The highest BCUT2D eigenvalue weighted by atomic mass is 32.2. The third-order valence-corrected chi connectivity index (χ3v) is 6.13. The van der Waals surface area contributed by atoms with E-state index >= 15 is 0 Å². The van der Waals surface area contributed by atoms with Crippen molar-refractivity contribution in [3.63, 3.8) is 0 Å². The molecule has 24 heavy (non-hydrogen) atoms. The second-order valence-electron chi connectivity index (χ2n) is 6.32. The molecule has 2 aromatic carbocycles. The second-order valence-corrected chi connectivity index (χ2v) is 8.16. The Hall–Kier alpha value is -1.65. The topological polar surface area (TPSA) is 38.3 Å². The predicted octanol–water partition coefficient (Wildman–Crippen LogP) is 3.08. The second kappa shape index (κ2) is 8.45. The molecule has 2 unspecified atom stereocenters. The normalized spacial score (nSPS) is 20.7. The molecule has 1 saturated heterocycles. The minimum atomic E-state index is -0.719. The summed E-state index contributed by atoms with van der Waals surface area (Å²) in [6, 6.07) is 16.8. The molecule has 3 nitrogen and oxygen atoms in total. The molecule has 1 N–H and O–H groups in total. The van der Waals surface area contributed by atoms with E-state index in [0.29, 0.717) is 6.61 Å². The largest absolute Gasteiger partial charge is 0.493 e. The van der Waals surface area contributed by atoms with Crippen molar-refractivity contribution in [2.75, 3.05) is 25.4 Å². The zero-order valence-electron chi connectivity index (χ0n) is 14.2. The van der Waals surface area contributed by atoms with Gasteiger partial charge in [-0.25, -0.2) is 0 Å². The van der Waals surface area contributed by atoms with Crippen LogP contribution in [0.4, 0.5) is 0 Å². The summed E-state index contributed by atoms with van der Waals surface area (Å²) in [5, 5.41) is 3.53. The molecule has 0 amide bonds. The van der Waals surface area contributed by atoms with Crippen LogP contribution in [-0.2, 0) is 17.2 Å². The summed E-state index contributed by atoms with van der Waals surface area (Å²) in [4.78, 5) is 0. The molecule has 1 fully saturated rings. The minimum Gasteiger partial charge on any atom is -0.493 e. The number of aryl methyl sites for hydroxylation is 1. The van der Waals surface area contributed by atoms with Crippen molar-refractivity contribution in [1.82, 2.24) is 5.32 Å². The number of nitrogens with one attached hydrogen (secondary N) is 1. The van der Waals surface area contributed by atoms with Crippen molar-refractivity contribution in [1.29, 1.82) is 0 Å². The molecule has 0 bridgehead atoms. The molecule has 1 aliphatic rings. The van der Waals surface area contributed by atoms with Crippen LogP contribution < -0.4 is 10.1 Å². The van der Waals surface area contributed by atoms with Crippen LogP contribution >= 0.6 is 0 Å². The van der Waals surface area contributed by atoms with E-state index in [0.717, 1.165) is 37.4 Å². The quantitative estimate of drug-likeness (QED) is 0.876. The van der Waals surface area contributed by atoms with Crippen LogP contribution in [0.2, 0.25) is 0 Å². The van der Waals surface area contributed by atoms with Crippen LogP contribution in [0, 0.1) is 6.92 Å². The van der Waals surface area contributed by atoms with Gasteiger partial charge in [-0.1, -0.05) is 48.0 Å². The molecule has 1 heterocycles. The van der Waals surface area contributed by atoms with Gasteiger partial charge in [-0.15, -0.1) is 0 Å². The number of hydrogen-bond donors (Lipinski definition) is 1. The van der Waals surface area contributed by atoms with E-state index in [-0.39, 0.29) is 5.25 Å². The third kappa shape index (κ3) is 4.68. The smallest absolute Gasteiger partial charge is 0.122 e. The van der Waals surface area contributed by atoms with Crippen LogP contribution in [0.25, 0.3) is 0 Å². The fraction of sp³-hybridized carbons (Fsp3) is 0.400. The van der Waals surface area contributed by atoms with Crippen molar-refractivity contribution in [3.05, 3.63) is 65.2 Å². The van der Waals surface area contributed by atoms with Crippen molar-refractivity contribution in [2.24, 2.45) is 0 Å². The Morgan fingerprint density at radius 2 is 2.04 bits per heavy atom. The van der Waals surface area contributed by atoms with Crippen molar-refractivity contribution in [2.45, 2.75) is 25.0 Å². The van der Waals surface area contributed by atoms with Gasteiger partial charge < -0.3 is 10.1 Å². The highest BCUT2D eigenvalue weighted by Crippen LogP contribution is 2.23. The van der Waals surface area contributed by atoms with Gasteiger partial charge in [0.05, 0.1) is 11.9 Å². The standard InChI is InChI=1S/C20H25NO2S/c1-16-7-8-20(18(13-16)14-17-5-3-2-4-6-17)23-11-9-19-15-21-10-12-24(19)22/h2-8,13,19,21H,9-12,14-15H2,1H3. The van der Waals surface area contributed by atoms with Crippen LogP contribution in [0.1, 0.15) is 23.1 Å². The van der Waals surface area contributed by atoms with E-state index in [1.165, 1.54) is 16.7 Å². The van der Waals surface area contributed by atoms with Crippen LogP contribution in [0.5, 0.6) is 5.75 Å². The fourth-order valence-electron chi connectivity index (χ4n) is 3.03. The molecule has 0 saturated carbocycles. The molecular formula is C20H25NO2S. The van der Waals surface area contributed by atoms with Gasteiger partial charge in [-0.3, -0.25) is 4.21 Å². The zero-order chi connectivity index (χ0) is 16.8. The molecule has 2 aromatic rings. The summed E-state index contributed by atoms with van der Waals surface area (Å²) in [7, 11) is -0.719. The minimum absolute atomic E-state index is 0.210. The van der Waals surface area contributed by atoms with E-state index < -0.39 is 10.8 Å². The van der Waals surface area contributed by atoms with Gasteiger partial charge in [0.25, 0.3) is 0 Å². The average Bonchev–Trinajstić information content (AvgIpc) is 2.59. The molecule has 0 aliphatic carbocycles.